The van der Waals surface area contributed by atoms with Gasteiger partial charge in [-0.3, -0.25) is 0 Å². The van der Waals surface area contributed by atoms with Gasteiger partial charge in [0.25, 0.3) is 0 Å². The predicted octanol–water partition coefficient (Wildman–Crippen LogP) is 0.940. The first-order valence-corrected chi connectivity index (χ1v) is 7.41. The summed E-state index contributed by atoms with van der Waals surface area (Å²) in [6.45, 7) is -0.0179. The lowest BCUT2D eigenvalue weighted by Crippen LogP contribution is -2.30. The van der Waals surface area contributed by atoms with Crippen LogP contribution in [0.2, 0.25) is 0 Å². The highest BCUT2D eigenvalue weighted by Crippen LogP contribution is 2.15. The van der Waals surface area contributed by atoms with Gasteiger partial charge in [0.1, 0.15) is 0 Å². The summed E-state index contributed by atoms with van der Waals surface area (Å²) in [5.74, 6) is -0.0885. The molecule has 1 atom stereocenters. The highest BCUT2D eigenvalue weighted by molar-refractivity contribution is 7.89. The van der Waals surface area contributed by atoms with Crippen LogP contribution in [-0.2, 0) is 10.0 Å². The third kappa shape index (κ3) is 4.48. The Kier molecular flexibility index (Phi) is 5.01. The predicted molar refractivity (Wildman–Crippen MR) is 61.8 cm³/mol. The summed E-state index contributed by atoms with van der Waals surface area (Å²) in [7, 11) is -3.36. The molecule has 0 radical (unpaired) electrons. The van der Waals surface area contributed by atoms with Crippen LogP contribution < -0.4 is 4.72 Å². The van der Waals surface area contributed by atoms with Crippen molar-refractivity contribution < 1.29 is 13.5 Å². The molecule has 0 saturated heterocycles. The SMILES string of the molecule is O=S(=O)(CCCl)NCC(O)c1ccsc1. The fourth-order valence-corrected chi connectivity index (χ4v) is 3.04. The van der Waals surface area contributed by atoms with Crippen molar-refractivity contribution in [3.63, 3.8) is 0 Å². The molecule has 0 aliphatic carbocycles. The minimum absolute atomic E-state index is 0.0179. The van der Waals surface area contributed by atoms with Gasteiger partial charge in [0.2, 0.25) is 10.0 Å². The van der Waals surface area contributed by atoms with Crippen LogP contribution in [0, 0.1) is 0 Å². The second-order valence-corrected chi connectivity index (χ2v) is 6.01. The van der Waals surface area contributed by atoms with E-state index in [2.05, 4.69) is 4.72 Å². The first-order valence-electron chi connectivity index (χ1n) is 4.28. The molecule has 1 rings (SSSR count). The largest absolute Gasteiger partial charge is 0.387 e. The van der Waals surface area contributed by atoms with E-state index in [1.165, 1.54) is 11.3 Å². The quantitative estimate of drug-likeness (QED) is 0.756. The second kappa shape index (κ2) is 5.81. The number of hydrogen-bond acceptors (Lipinski definition) is 4. The molecule has 1 heterocycles. The van der Waals surface area contributed by atoms with Gasteiger partial charge in [-0.1, -0.05) is 0 Å². The van der Waals surface area contributed by atoms with Crippen LogP contribution in [0.5, 0.6) is 0 Å². The zero-order valence-corrected chi connectivity index (χ0v) is 10.3. The molecule has 0 aliphatic rings. The van der Waals surface area contributed by atoms with Crippen molar-refractivity contribution in [3.05, 3.63) is 22.4 Å². The topological polar surface area (TPSA) is 66.4 Å². The van der Waals surface area contributed by atoms with Crippen LogP contribution in [0.15, 0.2) is 16.8 Å². The Morgan fingerprint density at radius 2 is 2.33 bits per heavy atom. The maximum absolute atomic E-state index is 11.2. The van der Waals surface area contributed by atoms with Crippen LogP contribution in [0.1, 0.15) is 11.7 Å². The van der Waals surface area contributed by atoms with Crippen LogP contribution >= 0.6 is 22.9 Å². The maximum atomic E-state index is 11.2. The van der Waals surface area contributed by atoms with Gasteiger partial charge in [-0.15, -0.1) is 11.6 Å². The summed E-state index contributed by atoms with van der Waals surface area (Å²) in [6, 6.07) is 1.76. The average molecular weight is 270 g/mol. The Bertz CT molecular complexity index is 377. The molecule has 0 aromatic carbocycles. The number of nitrogens with one attached hydrogen (secondary N) is 1. The van der Waals surface area contributed by atoms with Gasteiger partial charge in [-0.2, -0.15) is 11.3 Å². The molecule has 7 heteroatoms. The van der Waals surface area contributed by atoms with Crippen LogP contribution in [0.25, 0.3) is 0 Å². The maximum Gasteiger partial charge on any atom is 0.212 e. The number of alkyl halides is 1. The molecule has 1 aromatic rings. The number of aliphatic hydroxyl groups excluding tert-OH is 1. The van der Waals surface area contributed by atoms with Gasteiger partial charge >= 0.3 is 0 Å². The smallest absolute Gasteiger partial charge is 0.212 e. The molecule has 0 fully saturated rings. The van der Waals surface area contributed by atoms with E-state index in [1.54, 1.807) is 11.4 Å². The van der Waals surface area contributed by atoms with Crippen LogP contribution in [0.4, 0.5) is 0 Å². The zero-order valence-electron chi connectivity index (χ0n) is 7.89. The van der Waals surface area contributed by atoms with E-state index in [-0.39, 0.29) is 18.2 Å². The highest BCUT2D eigenvalue weighted by Gasteiger charge is 2.13. The molecule has 0 spiro atoms. The third-order valence-corrected chi connectivity index (χ3v) is 4.23. The number of halogens is 1. The van der Waals surface area contributed by atoms with E-state index in [0.29, 0.717) is 5.56 Å². The molecule has 0 amide bonds. The summed E-state index contributed by atoms with van der Waals surface area (Å²) in [6.07, 6.45) is -0.804. The van der Waals surface area contributed by atoms with Gasteiger partial charge in [-0.05, 0) is 22.4 Å². The first kappa shape index (κ1) is 12.9. The van der Waals surface area contributed by atoms with Crippen molar-refractivity contribution in [1.29, 1.82) is 0 Å². The number of sulfonamides is 1. The van der Waals surface area contributed by atoms with Crippen molar-refractivity contribution >= 4 is 33.0 Å². The fraction of sp³-hybridized carbons (Fsp3) is 0.500. The summed E-state index contributed by atoms with van der Waals surface area (Å²) in [5, 5.41) is 13.2. The van der Waals surface area contributed by atoms with Gasteiger partial charge < -0.3 is 5.11 Å². The lowest BCUT2D eigenvalue weighted by Gasteiger charge is -2.10. The molecular weight excluding hydrogens is 258 g/mol. The zero-order chi connectivity index (χ0) is 11.3. The van der Waals surface area contributed by atoms with E-state index < -0.39 is 16.1 Å². The molecule has 15 heavy (non-hydrogen) atoms. The average Bonchev–Trinajstić information content (AvgIpc) is 2.67. The summed E-state index contributed by atoms with van der Waals surface area (Å²) >= 11 is 6.77. The van der Waals surface area contributed by atoms with E-state index in [9.17, 15) is 13.5 Å². The molecular formula is C8H12ClNO3S2. The Balaban J connectivity index is 2.44. The van der Waals surface area contributed by atoms with Crippen molar-refractivity contribution in [3.8, 4) is 0 Å². The third-order valence-electron chi connectivity index (χ3n) is 1.77. The molecule has 86 valence electrons. The van der Waals surface area contributed by atoms with Crippen molar-refractivity contribution in [1.82, 2.24) is 4.72 Å². The Hall–Kier alpha value is -0.140. The molecule has 0 aliphatic heterocycles. The lowest BCUT2D eigenvalue weighted by molar-refractivity contribution is 0.182. The molecule has 2 N–H and O–H groups in total. The Labute approximate surface area is 97.9 Å². The molecule has 1 unspecified atom stereocenters. The summed E-state index contributed by atoms with van der Waals surface area (Å²) in [4.78, 5) is 0. The minimum atomic E-state index is -3.36. The van der Waals surface area contributed by atoms with Gasteiger partial charge in [-0.25, -0.2) is 13.1 Å². The molecule has 0 bridgehead atoms. The van der Waals surface area contributed by atoms with Crippen molar-refractivity contribution in [2.45, 2.75) is 6.10 Å². The van der Waals surface area contributed by atoms with E-state index in [1.807, 2.05) is 5.38 Å². The minimum Gasteiger partial charge on any atom is -0.387 e. The number of hydrogen-bond donors (Lipinski definition) is 2. The van der Waals surface area contributed by atoms with E-state index >= 15 is 0 Å². The van der Waals surface area contributed by atoms with Gasteiger partial charge in [0.15, 0.2) is 0 Å². The Morgan fingerprint density at radius 1 is 1.60 bits per heavy atom. The normalized spacial score (nSPS) is 14.0. The molecule has 1 aromatic heterocycles. The number of aliphatic hydroxyl groups is 1. The van der Waals surface area contributed by atoms with E-state index in [0.717, 1.165) is 0 Å². The van der Waals surface area contributed by atoms with Gasteiger partial charge in [0, 0.05) is 12.4 Å². The lowest BCUT2D eigenvalue weighted by atomic mass is 10.2. The molecule has 4 nitrogen and oxygen atoms in total. The number of thiophene rings is 1. The first-order chi connectivity index (χ1) is 7.05. The second-order valence-electron chi connectivity index (χ2n) is 2.93. The number of rotatable bonds is 6. The fourth-order valence-electron chi connectivity index (χ4n) is 0.962. The highest BCUT2D eigenvalue weighted by atomic mass is 35.5. The Morgan fingerprint density at radius 3 is 2.87 bits per heavy atom. The van der Waals surface area contributed by atoms with Crippen molar-refractivity contribution in [2.24, 2.45) is 0 Å². The van der Waals surface area contributed by atoms with Gasteiger partial charge in [0.05, 0.1) is 11.9 Å². The summed E-state index contributed by atoms with van der Waals surface area (Å²) in [5.41, 5.74) is 0.716. The van der Waals surface area contributed by atoms with Crippen LogP contribution in [-0.4, -0.2) is 31.7 Å². The van der Waals surface area contributed by atoms with Crippen LogP contribution in [0.3, 0.4) is 0 Å². The summed E-state index contributed by atoms with van der Waals surface area (Å²) < 4.78 is 24.7. The monoisotopic (exact) mass is 269 g/mol. The van der Waals surface area contributed by atoms with E-state index in [4.69, 9.17) is 11.6 Å². The standard InChI is InChI=1S/C8H12ClNO3S2/c9-2-4-15(12,13)10-5-8(11)7-1-3-14-6-7/h1,3,6,8,10-11H,2,4-5H2. The van der Waals surface area contributed by atoms with Crippen molar-refractivity contribution in [2.75, 3.05) is 18.2 Å². The molecule has 0 saturated carbocycles.